The number of rotatable bonds is 5. The maximum Gasteiger partial charge on any atom is 0.225 e. The van der Waals surface area contributed by atoms with Gasteiger partial charge in [-0.3, -0.25) is 0 Å². The molecule has 5 nitrogen and oxygen atoms in total. The zero-order chi connectivity index (χ0) is 19.5. The molecule has 0 radical (unpaired) electrons. The molecule has 0 spiro atoms. The van der Waals surface area contributed by atoms with E-state index >= 15 is 0 Å². The van der Waals surface area contributed by atoms with Crippen LogP contribution in [0.5, 0.6) is 0 Å². The van der Waals surface area contributed by atoms with Gasteiger partial charge in [0.25, 0.3) is 0 Å². The normalized spacial score (nSPS) is 18.5. The van der Waals surface area contributed by atoms with Crippen molar-refractivity contribution in [2.24, 2.45) is 0 Å². The molecule has 1 N–H and O–H groups in total. The number of ether oxygens (including phenoxy) is 1. The maximum atomic E-state index is 5.75. The van der Waals surface area contributed by atoms with Crippen LogP contribution in [0, 0.1) is 0 Å². The molecule has 1 aromatic heterocycles. The highest BCUT2D eigenvalue weighted by Crippen LogP contribution is 2.28. The van der Waals surface area contributed by atoms with Crippen molar-refractivity contribution in [3.8, 4) is 11.3 Å². The van der Waals surface area contributed by atoms with Gasteiger partial charge in [-0.25, -0.2) is 4.98 Å². The van der Waals surface area contributed by atoms with Crippen molar-refractivity contribution in [3.05, 3.63) is 71.8 Å². The van der Waals surface area contributed by atoms with Gasteiger partial charge in [0.05, 0.1) is 11.8 Å². The first-order valence-electron chi connectivity index (χ1n) is 10.5. The van der Waals surface area contributed by atoms with Gasteiger partial charge in [-0.15, -0.1) is 0 Å². The molecule has 3 heterocycles. The molecule has 3 aromatic rings. The Hall–Kier alpha value is -2.92. The summed E-state index contributed by atoms with van der Waals surface area (Å²) in [4.78, 5) is 12.0. The molecule has 1 saturated heterocycles. The van der Waals surface area contributed by atoms with Crippen molar-refractivity contribution in [1.82, 2.24) is 9.97 Å². The summed E-state index contributed by atoms with van der Waals surface area (Å²) in [7, 11) is 0. The molecule has 1 unspecified atom stereocenters. The molecular formula is C24H26N4O. The van der Waals surface area contributed by atoms with Gasteiger partial charge in [-0.05, 0) is 30.4 Å². The fraction of sp³-hybridized carbons (Fsp3) is 0.333. The minimum Gasteiger partial charge on any atom is -0.376 e. The van der Waals surface area contributed by atoms with Crippen LogP contribution in [0.2, 0.25) is 0 Å². The Bertz CT molecular complexity index is 970. The Kier molecular flexibility index (Phi) is 5.13. The average molecular weight is 386 g/mol. The summed E-state index contributed by atoms with van der Waals surface area (Å²) in [5.74, 6) is 1.65. The summed E-state index contributed by atoms with van der Waals surface area (Å²) in [6.07, 6.45) is 3.53. The van der Waals surface area contributed by atoms with Crippen LogP contribution in [-0.2, 0) is 17.7 Å². The summed E-state index contributed by atoms with van der Waals surface area (Å²) >= 11 is 0. The van der Waals surface area contributed by atoms with Crippen LogP contribution < -0.4 is 10.2 Å². The number of anilines is 2. The minimum atomic E-state index is 0.254. The third kappa shape index (κ3) is 4.10. The van der Waals surface area contributed by atoms with E-state index < -0.39 is 0 Å². The van der Waals surface area contributed by atoms with E-state index in [0.717, 1.165) is 62.6 Å². The largest absolute Gasteiger partial charge is 0.376 e. The van der Waals surface area contributed by atoms with E-state index in [1.54, 1.807) is 0 Å². The van der Waals surface area contributed by atoms with E-state index in [9.17, 15) is 0 Å². The standard InChI is InChI=1S/C24H26N4O/c1-2-8-19(9-3-1)22-15-23(27-24(26-22)25-16-21-11-6-14-29-21)28-13-12-18-7-4-5-10-20(18)17-28/h1-5,7-10,15,21H,6,11-14,16-17H2,(H,25,26,27). The monoisotopic (exact) mass is 386 g/mol. The fourth-order valence-corrected chi connectivity index (χ4v) is 4.13. The molecule has 2 aliphatic heterocycles. The molecule has 0 amide bonds. The molecule has 5 rings (SSSR count). The Morgan fingerprint density at radius 3 is 2.66 bits per heavy atom. The van der Waals surface area contributed by atoms with Gasteiger partial charge >= 0.3 is 0 Å². The van der Waals surface area contributed by atoms with Crippen molar-refractivity contribution in [3.63, 3.8) is 0 Å². The van der Waals surface area contributed by atoms with Crippen LogP contribution in [0.4, 0.5) is 11.8 Å². The lowest BCUT2D eigenvalue weighted by atomic mass is 10.00. The van der Waals surface area contributed by atoms with Crippen molar-refractivity contribution in [2.75, 3.05) is 29.9 Å². The van der Waals surface area contributed by atoms with Crippen LogP contribution in [0.15, 0.2) is 60.7 Å². The number of hydrogen-bond donors (Lipinski definition) is 1. The van der Waals surface area contributed by atoms with Gasteiger partial charge < -0.3 is 15.0 Å². The summed E-state index contributed by atoms with van der Waals surface area (Å²) < 4.78 is 5.75. The summed E-state index contributed by atoms with van der Waals surface area (Å²) in [5, 5.41) is 3.42. The Balaban J connectivity index is 1.44. The second kappa shape index (κ2) is 8.21. The zero-order valence-corrected chi connectivity index (χ0v) is 16.6. The first-order valence-corrected chi connectivity index (χ1v) is 10.5. The van der Waals surface area contributed by atoms with Gasteiger partial charge in [0, 0.05) is 37.9 Å². The van der Waals surface area contributed by atoms with Crippen LogP contribution in [0.3, 0.4) is 0 Å². The lowest BCUT2D eigenvalue weighted by molar-refractivity contribution is 0.120. The van der Waals surface area contributed by atoms with Crippen molar-refractivity contribution in [1.29, 1.82) is 0 Å². The second-order valence-corrected chi connectivity index (χ2v) is 7.76. The Morgan fingerprint density at radius 1 is 1.00 bits per heavy atom. The molecule has 0 aliphatic carbocycles. The van der Waals surface area contributed by atoms with Crippen LogP contribution in [0.25, 0.3) is 11.3 Å². The number of benzene rings is 2. The third-order valence-corrected chi connectivity index (χ3v) is 5.75. The third-order valence-electron chi connectivity index (χ3n) is 5.75. The first kappa shape index (κ1) is 18.1. The predicted molar refractivity (Wildman–Crippen MR) is 116 cm³/mol. The number of fused-ring (bicyclic) bond motifs is 1. The SMILES string of the molecule is c1ccc(-c2cc(N3CCc4ccccc4C3)nc(NCC3CCCO3)n2)cc1. The lowest BCUT2D eigenvalue weighted by Crippen LogP contribution is -2.31. The van der Waals surface area contributed by atoms with E-state index in [2.05, 4.69) is 52.7 Å². The molecule has 0 bridgehead atoms. The van der Waals surface area contributed by atoms with Gasteiger partial charge in [0.15, 0.2) is 0 Å². The summed E-state index contributed by atoms with van der Waals surface area (Å²) in [6, 6.07) is 21.1. The molecule has 5 heteroatoms. The van der Waals surface area contributed by atoms with E-state index in [1.165, 1.54) is 11.1 Å². The van der Waals surface area contributed by atoms with Crippen LogP contribution in [0.1, 0.15) is 24.0 Å². The van der Waals surface area contributed by atoms with Crippen molar-refractivity contribution < 1.29 is 4.74 Å². The highest BCUT2D eigenvalue weighted by atomic mass is 16.5. The number of nitrogens with zero attached hydrogens (tertiary/aromatic N) is 3. The van der Waals surface area contributed by atoms with Gasteiger partial charge in [-0.2, -0.15) is 4.98 Å². The molecule has 0 saturated carbocycles. The smallest absolute Gasteiger partial charge is 0.225 e. The Labute approximate surface area is 171 Å². The molecule has 1 atom stereocenters. The van der Waals surface area contributed by atoms with E-state index in [1.807, 2.05) is 18.2 Å². The quantitative estimate of drug-likeness (QED) is 0.709. The topological polar surface area (TPSA) is 50.3 Å². The van der Waals surface area contributed by atoms with Gasteiger partial charge in [0.1, 0.15) is 5.82 Å². The highest BCUT2D eigenvalue weighted by Gasteiger charge is 2.20. The number of hydrogen-bond acceptors (Lipinski definition) is 5. The molecule has 2 aliphatic rings. The average Bonchev–Trinajstić information content (AvgIpc) is 3.31. The van der Waals surface area contributed by atoms with E-state index in [4.69, 9.17) is 14.7 Å². The second-order valence-electron chi connectivity index (χ2n) is 7.76. The van der Waals surface area contributed by atoms with Crippen LogP contribution >= 0.6 is 0 Å². The molecule has 1 fully saturated rings. The van der Waals surface area contributed by atoms with Crippen molar-refractivity contribution in [2.45, 2.75) is 31.9 Å². The number of aromatic nitrogens is 2. The zero-order valence-electron chi connectivity index (χ0n) is 16.6. The highest BCUT2D eigenvalue weighted by molar-refractivity contribution is 5.65. The minimum absolute atomic E-state index is 0.254. The predicted octanol–water partition coefficient (Wildman–Crippen LogP) is 4.30. The van der Waals surface area contributed by atoms with Crippen molar-refractivity contribution >= 4 is 11.8 Å². The van der Waals surface area contributed by atoms with Crippen LogP contribution in [-0.4, -0.2) is 35.8 Å². The molecule has 148 valence electrons. The van der Waals surface area contributed by atoms with E-state index in [0.29, 0.717) is 5.95 Å². The first-order chi connectivity index (χ1) is 14.3. The maximum absolute atomic E-state index is 5.75. The molecule has 29 heavy (non-hydrogen) atoms. The molecular weight excluding hydrogens is 360 g/mol. The lowest BCUT2D eigenvalue weighted by Gasteiger charge is -2.30. The van der Waals surface area contributed by atoms with E-state index in [-0.39, 0.29) is 6.10 Å². The summed E-state index contributed by atoms with van der Waals surface area (Å²) in [6.45, 7) is 3.45. The van der Waals surface area contributed by atoms with Gasteiger partial charge in [-0.1, -0.05) is 54.6 Å². The molecule has 2 aromatic carbocycles. The number of nitrogens with one attached hydrogen (secondary N) is 1. The Morgan fingerprint density at radius 2 is 1.83 bits per heavy atom. The summed E-state index contributed by atoms with van der Waals surface area (Å²) in [5.41, 5.74) is 4.88. The van der Waals surface area contributed by atoms with Gasteiger partial charge in [0.2, 0.25) is 5.95 Å². The fourth-order valence-electron chi connectivity index (χ4n) is 4.13.